The van der Waals surface area contributed by atoms with Crippen LogP contribution in [0.4, 0.5) is 0 Å². The molecule has 0 fully saturated rings. The Labute approximate surface area is 278 Å². The Kier molecular flexibility index (Phi) is 6.76. The summed E-state index contributed by atoms with van der Waals surface area (Å²) in [5.74, 6) is 0. The molecular weight excluding hydrogens is 585 g/mol. The summed E-state index contributed by atoms with van der Waals surface area (Å²) in [4.78, 5) is 18.0. The topological polar surface area (TPSA) is 57.4 Å². The maximum atomic E-state index is 5.60. The van der Waals surface area contributed by atoms with Crippen molar-refractivity contribution in [2.24, 2.45) is 0 Å². The number of aromatic amines is 2. The van der Waals surface area contributed by atoms with Crippen LogP contribution >= 0.6 is 0 Å². The van der Waals surface area contributed by atoms with Crippen LogP contribution in [0.25, 0.3) is 67.6 Å². The van der Waals surface area contributed by atoms with E-state index >= 15 is 0 Å². The van der Waals surface area contributed by atoms with E-state index < -0.39 is 0 Å². The number of benzene rings is 4. The van der Waals surface area contributed by atoms with E-state index in [1.54, 1.807) is 0 Å². The zero-order valence-corrected chi connectivity index (χ0v) is 26.1. The molecule has 0 saturated carbocycles. The van der Waals surface area contributed by atoms with Gasteiger partial charge in [0.05, 0.1) is 28.3 Å². The van der Waals surface area contributed by atoms with E-state index in [9.17, 15) is 0 Å². The SMILES string of the molecule is C1=Cc2cc3cc(-c4ccccc4)c([nH]3)c(-c3ccccc3)c3nc(cc4ccc(cc1n2)[nH]4)C(c1ccccc1)=C3c1ccccc1. The van der Waals surface area contributed by atoms with Crippen LogP contribution in [0.3, 0.4) is 0 Å². The molecule has 0 amide bonds. The average molecular weight is 615 g/mol. The Morgan fingerprint density at radius 2 is 0.917 bits per heavy atom. The maximum absolute atomic E-state index is 5.60. The molecule has 0 atom stereocenters. The second-order valence-corrected chi connectivity index (χ2v) is 12.0. The number of aromatic nitrogens is 4. The van der Waals surface area contributed by atoms with Crippen molar-refractivity contribution in [1.82, 2.24) is 19.9 Å². The van der Waals surface area contributed by atoms with Gasteiger partial charge in [-0.2, -0.15) is 0 Å². The quantitative estimate of drug-likeness (QED) is 0.207. The standard InChI is InChI=1S/C44H30N4/c1-5-13-29(14-6-1)38-27-37-26-35-22-21-33(45-35)25-34-23-24-36(46-34)28-39-40(30-15-7-2-8-16-30)41(31-17-9-3-10-18-31)44(48-39)42(43(38)47-37)32-19-11-4-12-20-32/h1-28,46-47H. The molecule has 0 spiro atoms. The minimum atomic E-state index is 0.894. The first-order valence-corrected chi connectivity index (χ1v) is 16.2. The van der Waals surface area contributed by atoms with Gasteiger partial charge in [-0.05, 0) is 70.8 Å². The largest absolute Gasteiger partial charge is 0.355 e. The van der Waals surface area contributed by atoms with Crippen LogP contribution < -0.4 is 0 Å². The Bertz CT molecular complexity index is 2520. The van der Waals surface area contributed by atoms with Crippen LogP contribution in [0.2, 0.25) is 0 Å². The van der Waals surface area contributed by atoms with Gasteiger partial charge in [-0.15, -0.1) is 0 Å². The molecule has 4 aromatic carbocycles. The van der Waals surface area contributed by atoms with Crippen LogP contribution in [0.5, 0.6) is 0 Å². The van der Waals surface area contributed by atoms with E-state index in [-0.39, 0.29) is 0 Å². The summed E-state index contributed by atoms with van der Waals surface area (Å²) >= 11 is 0. The lowest BCUT2D eigenvalue weighted by Gasteiger charge is -2.13. The lowest BCUT2D eigenvalue weighted by molar-refractivity contribution is 1.30. The fourth-order valence-corrected chi connectivity index (χ4v) is 6.77. The van der Waals surface area contributed by atoms with Gasteiger partial charge in [0, 0.05) is 38.8 Å². The van der Waals surface area contributed by atoms with Crippen LogP contribution in [0, 0.1) is 0 Å². The zero-order valence-electron chi connectivity index (χ0n) is 26.1. The Morgan fingerprint density at radius 1 is 0.396 bits per heavy atom. The molecule has 2 aliphatic heterocycles. The van der Waals surface area contributed by atoms with Gasteiger partial charge in [-0.25, -0.2) is 9.97 Å². The normalized spacial score (nSPS) is 12.4. The highest BCUT2D eigenvalue weighted by molar-refractivity contribution is 6.11. The van der Waals surface area contributed by atoms with Crippen LogP contribution in [0.15, 0.2) is 158 Å². The number of rotatable bonds is 4. The van der Waals surface area contributed by atoms with E-state index in [1.165, 1.54) is 0 Å². The van der Waals surface area contributed by atoms with Gasteiger partial charge in [0.25, 0.3) is 0 Å². The fraction of sp³-hybridized carbons (Fsp3) is 0. The Morgan fingerprint density at radius 3 is 1.54 bits per heavy atom. The summed E-state index contributed by atoms with van der Waals surface area (Å²) in [6.07, 6.45) is 4.12. The molecule has 9 rings (SSSR count). The van der Waals surface area contributed by atoms with Gasteiger partial charge in [0.2, 0.25) is 0 Å². The number of nitrogens with one attached hydrogen (secondary N) is 2. The average Bonchev–Trinajstić information content (AvgIpc) is 3.94. The molecule has 2 N–H and O–H groups in total. The van der Waals surface area contributed by atoms with Gasteiger partial charge < -0.3 is 9.97 Å². The van der Waals surface area contributed by atoms with Crippen molar-refractivity contribution < 1.29 is 0 Å². The van der Waals surface area contributed by atoms with E-state index in [2.05, 4.69) is 180 Å². The van der Waals surface area contributed by atoms with E-state index in [1.807, 2.05) is 0 Å². The summed E-state index contributed by atoms with van der Waals surface area (Å²) < 4.78 is 0. The Hall–Kier alpha value is -6.52. The summed E-state index contributed by atoms with van der Waals surface area (Å²) in [5, 5.41) is 0. The highest BCUT2D eigenvalue weighted by atomic mass is 14.8. The van der Waals surface area contributed by atoms with E-state index in [0.29, 0.717) is 0 Å². The molecule has 8 bridgehead atoms. The molecule has 4 nitrogen and oxygen atoms in total. The third kappa shape index (κ3) is 5.06. The lowest BCUT2D eigenvalue weighted by atomic mass is 9.89. The van der Waals surface area contributed by atoms with Crippen LogP contribution in [-0.2, 0) is 0 Å². The van der Waals surface area contributed by atoms with Crippen molar-refractivity contribution in [3.8, 4) is 22.3 Å². The summed E-state index contributed by atoms with van der Waals surface area (Å²) in [6.45, 7) is 0. The summed E-state index contributed by atoms with van der Waals surface area (Å²) in [5.41, 5.74) is 16.3. The molecule has 0 unspecified atom stereocenters. The molecule has 7 aromatic rings. The monoisotopic (exact) mass is 614 g/mol. The van der Waals surface area contributed by atoms with Crippen molar-refractivity contribution in [3.05, 3.63) is 192 Å². The van der Waals surface area contributed by atoms with Crippen LogP contribution in [0.1, 0.15) is 33.9 Å². The molecule has 3 aromatic heterocycles. The fourth-order valence-electron chi connectivity index (χ4n) is 6.77. The maximum Gasteiger partial charge on any atom is 0.0822 e. The molecule has 2 aliphatic rings. The Balaban J connectivity index is 1.53. The van der Waals surface area contributed by atoms with Crippen LogP contribution in [-0.4, -0.2) is 19.9 Å². The van der Waals surface area contributed by atoms with Crippen molar-refractivity contribution in [3.63, 3.8) is 0 Å². The highest BCUT2D eigenvalue weighted by Crippen LogP contribution is 2.45. The van der Waals surface area contributed by atoms with Crippen molar-refractivity contribution in [1.29, 1.82) is 0 Å². The minimum absolute atomic E-state index is 0.894. The molecule has 4 heteroatoms. The number of nitrogens with zero attached hydrogens (tertiary/aromatic N) is 2. The van der Waals surface area contributed by atoms with Gasteiger partial charge in [0.1, 0.15) is 0 Å². The lowest BCUT2D eigenvalue weighted by Crippen LogP contribution is -1.94. The van der Waals surface area contributed by atoms with Crippen molar-refractivity contribution in [2.45, 2.75) is 0 Å². The van der Waals surface area contributed by atoms with Gasteiger partial charge in [-0.3, -0.25) is 0 Å². The van der Waals surface area contributed by atoms with Crippen molar-refractivity contribution >= 4 is 45.4 Å². The molecule has 0 aliphatic carbocycles. The van der Waals surface area contributed by atoms with Gasteiger partial charge in [0.15, 0.2) is 0 Å². The number of H-pyrrole nitrogens is 2. The molecule has 226 valence electrons. The number of fused-ring (bicyclic) bond motifs is 8. The van der Waals surface area contributed by atoms with E-state index in [0.717, 1.165) is 89.4 Å². The summed E-state index contributed by atoms with van der Waals surface area (Å²) in [6, 6.07) is 55.3. The predicted octanol–water partition coefficient (Wildman–Crippen LogP) is 10.8. The molecular formula is C44H30N4. The smallest absolute Gasteiger partial charge is 0.0822 e. The number of hydrogen-bond donors (Lipinski definition) is 2. The highest BCUT2D eigenvalue weighted by Gasteiger charge is 2.27. The molecule has 0 saturated heterocycles. The predicted molar refractivity (Wildman–Crippen MR) is 199 cm³/mol. The second kappa shape index (κ2) is 11.7. The molecule has 5 heterocycles. The third-order valence-electron chi connectivity index (χ3n) is 8.89. The van der Waals surface area contributed by atoms with Crippen molar-refractivity contribution in [2.75, 3.05) is 0 Å². The summed E-state index contributed by atoms with van der Waals surface area (Å²) in [7, 11) is 0. The molecule has 0 radical (unpaired) electrons. The molecule has 48 heavy (non-hydrogen) atoms. The minimum Gasteiger partial charge on any atom is -0.355 e. The number of hydrogen-bond acceptors (Lipinski definition) is 2. The first-order valence-electron chi connectivity index (χ1n) is 16.2. The van der Waals surface area contributed by atoms with E-state index in [4.69, 9.17) is 9.97 Å². The van der Waals surface area contributed by atoms with Gasteiger partial charge >= 0.3 is 0 Å². The first kappa shape index (κ1) is 27.8. The van der Waals surface area contributed by atoms with Gasteiger partial charge in [-0.1, -0.05) is 121 Å². The second-order valence-electron chi connectivity index (χ2n) is 12.0. The zero-order chi connectivity index (χ0) is 31.9. The third-order valence-corrected chi connectivity index (χ3v) is 8.89. The first-order chi connectivity index (χ1) is 23.8.